The number of rotatable bonds is 6. The Labute approximate surface area is 154 Å². The Morgan fingerprint density at radius 2 is 2.00 bits per heavy atom. The molecule has 0 bridgehead atoms. The third-order valence-electron chi connectivity index (χ3n) is 3.61. The van der Waals surface area contributed by atoms with Crippen molar-refractivity contribution >= 4 is 34.9 Å². The third-order valence-corrected chi connectivity index (χ3v) is 3.92. The molecular formula is C16H18ClN5O4. The second-order valence-corrected chi connectivity index (χ2v) is 6.39. The maximum Gasteiger partial charge on any atom is 0.270 e. The molecule has 0 fully saturated rings. The lowest BCUT2D eigenvalue weighted by Crippen LogP contribution is -2.47. The second kappa shape index (κ2) is 7.96. The van der Waals surface area contributed by atoms with Crippen molar-refractivity contribution in [1.29, 1.82) is 0 Å². The summed E-state index contributed by atoms with van der Waals surface area (Å²) in [5.41, 5.74) is -0.173. The van der Waals surface area contributed by atoms with Crippen LogP contribution in [0.4, 0.5) is 11.5 Å². The van der Waals surface area contributed by atoms with Crippen LogP contribution in [0.3, 0.4) is 0 Å². The Balaban J connectivity index is 2.15. The van der Waals surface area contributed by atoms with Gasteiger partial charge in [0.15, 0.2) is 5.82 Å². The van der Waals surface area contributed by atoms with E-state index in [0.29, 0.717) is 5.82 Å². The number of carbonyl (C=O) groups excluding carboxylic acids is 2. The minimum absolute atomic E-state index is 0.0496. The van der Waals surface area contributed by atoms with E-state index in [4.69, 9.17) is 11.6 Å². The van der Waals surface area contributed by atoms with Gasteiger partial charge in [0.1, 0.15) is 6.04 Å². The average Bonchev–Trinajstić information content (AvgIpc) is 2.96. The van der Waals surface area contributed by atoms with E-state index in [9.17, 15) is 19.7 Å². The monoisotopic (exact) mass is 379 g/mol. The van der Waals surface area contributed by atoms with Crippen molar-refractivity contribution in [2.75, 3.05) is 5.32 Å². The van der Waals surface area contributed by atoms with Gasteiger partial charge in [-0.2, -0.15) is 5.10 Å². The molecule has 26 heavy (non-hydrogen) atoms. The van der Waals surface area contributed by atoms with Gasteiger partial charge in [0.2, 0.25) is 5.91 Å². The highest BCUT2D eigenvalue weighted by Gasteiger charge is 2.26. The summed E-state index contributed by atoms with van der Waals surface area (Å²) in [5, 5.41) is 20.0. The molecule has 0 spiro atoms. The van der Waals surface area contributed by atoms with Crippen LogP contribution < -0.4 is 10.6 Å². The second-order valence-electron chi connectivity index (χ2n) is 5.98. The highest BCUT2D eigenvalue weighted by atomic mass is 35.5. The van der Waals surface area contributed by atoms with Crippen LogP contribution in [0, 0.1) is 16.0 Å². The zero-order valence-corrected chi connectivity index (χ0v) is 15.1. The number of aromatic nitrogens is 2. The molecule has 0 aliphatic heterocycles. The van der Waals surface area contributed by atoms with Crippen molar-refractivity contribution in [3.8, 4) is 0 Å². The Bertz CT molecular complexity index is 849. The van der Waals surface area contributed by atoms with Crippen LogP contribution in [0.25, 0.3) is 0 Å². The number of anilines is 1. The van der Waals surface area contributed by atoms with Gasteiger partial charge in [-0.05, 0) is 12.0 Å². The van der Waals surface area contributed by atoms with Gasteiger partial charge in [-0.1, -0.05) is 25.4 Å². The predicted octanol–water partition coefficient (Wildman–Crippen LogP) is 2.37. The molecule has 2 amide bonds. The number of nitrogens with one attached hydrogen (secondary N) is 2. The molecule has 2 N–H and O–H groups in total. The van der Waals surface area contributed by atoms with E-state index in [0.717, 1.165) is 6.07 Å². The predicted molar refractivity (Wildman–Crippen MR) is 96.0 cm³/mol. The van der Waals surface area contributed by atoms with Crippen LogP contribution >= 0.6 is 11.6 Å². The first kappa shape index (κ1) is 19.4. The van der Waals surface area contributed by atoms with Gasteiger partial charge in [-0.3, -0.25) is 24.4 Å². The Hall–Kier alpha value is -2.94. The molecule has 0 radical (unpaired) electrons. The number of carbonyl (C=O) groups is 2. The minimum Gasteiger partial charge on any atom is -0.340 e. The number of aryl methyl sites for hydroxylation is 1. The van der Waals surface area contributed by atoms with Gasteiger partial charge in [0.25, 0.3) is 11.6 Å². The van der Waals surface area contributed by atoms with E-state index in [-0.39, 0.29) is 22.2 Å². The fraction of sp³-hybridized carbons (Fsp3) is 0.312. The van der Waals surface area contributed by atoms with Crippen molar-refractivity contribution in [3.63, 3.8) is 0 Å². The summed E-state index contributed by atoms with van der Waals surface area (Å²) in [6.45, 7) is 3.56. The quantitative estimate of drug-likeness (QED) is 0.589. The normalized spacial score (nSPS) is 11.9. The molecule has 1 heterocycles. The van der Waals surface area contributed by atoms with Gasteiger partial charge in [-0.15, -0.1) is 0 Å². The highest BCUT2D eigenvalue weighted by Crippen LogP contribution is 2.22. The van der Waals surface area contributed by atoms with E-state index in [1.54, 1.807) is 33.2 Å². The molecule has 0 aliphatic rings. The number of amides is 2. The van der Waals surface area contributed by atoms with Gasteiger partial charge in [-0.25, -0.2) is 0 Å². The smallest absolute Gasteiger partial charge is 0.270 e. The zero-order valence-electron chi connectivity index (χ0n) is 14.4. The van der Waals surface area contributed by atoms with Crippen LogP contribution in [0.15, 0.2) is 30.5 Å². The van der Waals surface area contributed by atoms with Crippen molar-refractivity contribution in [2.24, 2.45) is 13.0 Å². The number of nitro benzene ring substituents is 1. The van der Waals surface area contributed by atoms with Gasteiger partial charge >= 0.3 is 0 Å². The largest absolute Gasteiger partial charge is 0.340 e. The summed E-state index contributed by atoms with van der Waals surface area (Å²) in [5.74, 6) is -0.866. The van der Waals surface area contributed by atoms with Crippen molar-refractivity contribution in [1.82, 2.24) is 15.1 Å². The molecule has 0 aliphatic carbocycles. The van der Waals surface area contributed by atoms with E-state index in [2.05, 4.69) is 15.7 Å². The fourth-order valence-electron chi connectivity index (χ4n) is 2.24. The molecular weight excluding hydrogens is 362 g/mol. The van der Waals surface area contributed by atoms with E-state index in [1.165, 1.54) is 16.8 Å². The Kier molecular flexibility index (Phi) is 5.93. The Morgan fingerprint density at radius 3 is 2.50 bits per heavy atom. The molecule has 10 heteroatoms. The fourth-order valence-corrected chi connectivity index (χ4v) is 2.50. The van der Waals surface area contributed by atoms with Crippen LogP contribution in [0.2, 0.25) is 5.02 Å². The molecule has 1 aromatic heterocycles. The molecule has 1 unspecified atom stereocenters. The molecule has 138 valence electrons. The van der Waals surface area contributed by atoms with E-state index < -0.39 is 22.8 Å². The highest BCUT2D eigenvalue weighted by molar-refractivity contribution is 6.34. The summed E-state index contributed by atoms with van der Waals surface area (Å²) in [6.07, 6.45) is 1.68. The number of halogens is 1. The number of non-ortho nitro benzene ring substituents is 1. The zero-order chi connectivity index (χ0) is 19.4. The molecule has 2 rings (SSSR count). The van der Waals surface area contributed by atoms with Crippen LogP contribution in [-0.4, -0.2) is 32.6 Å². The average molecular weight is 380 g/mol. The maximum absolute atomic E-state index is 12.5. The molecule has 2 aromatic rings. The first-order valence-corrected chi connectivity index (χ1v) is 8.12. The van der Waals surface area contributed by atoms with Gasteiger partial charge in [0, 0.05) is 31.4 Å². The molecule has 1 atom stereocenters. The summed E-state index contributed by atoms with van der Waals surface area (Å²) in [4.78, 5) is 35.1. The van der Waals surface area contributed by atoms with Crippen molar-refractivity contribution in [3.05, 3.63) is 51.2 Å². The van der Waals surface area contributed by atoms with E-state index >= 15 is 0 Å². The standard InChI is InChI=1S/C16H18ClN5O4/c1-9(2)14(16(24)18-13-6-7-21(3)20-13)19-15(23)11-5-4-10(22(25)26)8-12(11)17/h4-9,14H,1-3H3,(H,19,23)(H,18,20,24). The topological polar surface area (TPSA) is 119 Å². The summed E-state index contributed by atoms with van der Waals surface area (Å²) in [6, 6.07) is 4.32. The molecule has 0 saturated heterocycles. The first-order valence-electron chi connectivity index (χ1n) is 7.74. The van der Waals surface area contributed by atoms with Crippen molar-refractivity contribution < 1.29 is 14.5 Å². The maximum atomic E-state index is 12.5. The van der Waals surface area contributed by atoms with Gasteiger partial charge < -0.3 is 10.6 Å². The first-order chi connectivity index (χ1) is 12.2. The minimum atomic E-state index is -0.837. The van der Waals surface area contributed by atoms with Crippen LogP contribution in [-0.2, 0) is 11.8 Å². The SMILES string of the molecule is CC(C)C(NC(=O)c1ccc([N+](=O)[O-])cc1Cl)C(=O)Nc1ccn(C)n1. The third kappa shape index (κ3) is 4.57. The number of hydrogen-bond acceptors (Lipinski definition) is 5. The summed E-state index contributed by atoms with van der Waals surface area (Å²) < 4.78 is 1.54. The lowest BCUT2D eigenvalue weighted by molar-refractivity contribution is -0.384. The number of nitrogens with zero attached hydrogens (tertiary/aromatic N) is 3. The summed E-state index contributed by atoms with van der Waals surface area (Å²) >= 11 is 5.96. The van der Waals surface area contributed by atoms with Crippen LogP contribution in [0.5, 0.6) is 0 Å². The number of benzene rings is 1. The lowest BCUT2D eigenvalue weighted by Gasteiger charge is -2.21. The summed E-state index contributed by atoms with van der Waals surface area (Å²) in [7, 11) is 1.72. The van der Waals surface area contributed by atoms with Crippen LogP contribution in [0.1, 0.15) is 24.2 Å². The lowest BCUT2D eigenvalue weighted by atomic mass is 10.0. The molecule has 1 aromatic carbocycles. The molecule has 9 nitrogen and oxygen atoms in total. The Morgan fingerprint density at radius 1 is 1.31 bits per heavy atom. The number of nitro groups is 1. The van der Waals surface area contributed by atoms with Gasteiger partial charge in [0.05, 0.1) is 15.5 Å². The number of hydrogen-bond donors (Lipinski definition) is 2. The van der Waals surface area contributed by atoms with Crippen molar-refractivity contribution in [2.45, 2.75) is 19.9 Å². The molecule has 0 saturated carbocycles. The van der Waals surface area contributed by atoms with E-state index in [1.807, 2.05) is 0 Å².